The summed E-state index contributed by atoms with van der Waals surface area (Å²) >= 11 is 1.77. The first kappa shape index (κ1) is 18.0. The molecular formula is C16H30O3S. The van der Waals surface area contributed by atoms with E-state index in [1.807, 2.05) is 20.8 Å². The molecule has 1 saturated carbocycles. The molecule has 0 aromatic rings. The molecular weight excluding hydrogens is 272 g/mol. The van der Waals surface area contributed by atoms with Crippen LogP contribution in [0.3, 0.4) is 0 Å². The first-order valence-corrected chi connectivity index (χ1v) is 8.68. The summed E-state index contributed by atoms with van der Waals surface area (Å²) in [6.45, 7) is 13.4. The maximum atomic E-state index is 10.6. The highest BCUT2D eigenvalue weighted by Crippen LogP contribution is 2.41. The van der Waals surface area contributed by atoms with Crippen LogP contribution in [0.2, 0.25) is 0 Å². The second-order valence-corrected chi connectivity index (χ2v) is 7.07. The van der Waals surface area contributed by atoms with Crippen molar-refractivity contribution >= 4 is 11.8 Å². The van der Waals surface area contributed by atoms with E-state index >= 15 is 0 Å². The van der Waals surface area contributed by atoms with Gasteiger partial charge in [0.1, 0.15) is 0 Å². The van der Waals surface area contributed by atoms with Crippen molar-refractivity contribution in [2.24, 2.45) is 5.92 Å². The SMILES string of the molecule is C=C(C)[C@H]1CC[C@@](C)(O)[C@H](SCC(OCC)OCC)C1. The van der Waals surface area contributed by atoms with Crippen molar-refractivity contribution in [1.29, 1.82) is 0 Å². The van der Waals surface area contributed by atoms with E-state index in [9.17, 15) is 5.11 Å². The summed E-state index contributed by atoms with van der Waals surface area (Å²) in [4.78, 5) is 0. The number of aliphatic hydroxyl groups is 1. The normalized spacial score (nSPS) is 30.7. The second-order valence-electron chi connectivity index (χ2n) is 5.84. The molecule has 0 bridgehead atoms. The standard InChI is InChI=1S/C16H30O3S/c1-6-18-15(19-7-2)11-20-14-10-13(12(3)4)8-9-16(14,5)17/h13-15,17H,3,6-11H2,1-2,4-5H3/t13-,14+,16+/m0/s1. The van der Waals surface area contributed by atoms with Crippen LogP contribution in [0.5, 0.6) is 0 Å². The average molecular weight is 302 g/mol. The van der Waals surface area contributed by atoms with Crippen LogP contribution in [0.25, 0.3) is 0 Å². The fourth-order valence-corrected chi connectivity index (χ4v) is 4.09. The fraction of sp³-hybridized carbons (Fsp3) is 0.875. The third kappa shape index (κ3) is 5.40. The van der Waals surface area contributed by atoms with Gasteiger partial charge < -0.3 is 14.6 Å². The zero-order valence-electron chi connectivity index (χ0n) is 13.4. The molecule has 0 spiro atoms. The zero-order valence-corrected chi connectivity index (χ0v) is 14.2. The van der Waals surface area contributed by atoms with Gasteiger partial charge in [0.25, 0.3) is 0 Å². The van der Waals surface area contributed by atoms with Gasteiger partial charge in [0, 0.05) is 24.2 Å². The lowest BCUT2D eigenvalue weighted by molar-refractivity contribution is -0.120. The quantitative estimate of drug-likeness (QED) is 0.549. The van der Waals surface area contributed by atoms with Crippen molar-refractivity contribution in [1.82, 2.24) is 0 Å². The minimum Gasteiger partial charge on any atom is -0.389 e. The Morgan fingerprint density at radius 2 is 2.00 bits per heavy atom. The number of rotatable bonds is 8. The molecule has 0 aromatic heterocycles. The van der Waals surface area contributed by atoms with Gasteiger partial charge in [-0.1, -0.05) is 12.2 Å². The molecule has 0 radical (unpaired) electrons. The molecule has 1 aliphatic rings. The minimum atomic E-state index is -0.598. The summed E-state index contributed by atoms with van der Waals surface area (Å²) in [5, 5.41) is 10.8. The van der Waals surface area contributed by atoms with E-state index in [2.05, 4.69) is 13.5 Å². The highest BCUT2D eigenvalue weighted by Gasteiger charge is 2.39. The van der Waals surface area contributed by atoms with Crippen molar-refractivity contribution in [3.8, 4) is 0 Å². The Morgan fingerprint density at radius 3 is 2.50 bits per heavy atom. The molecule has 0 heterocycles. The molecule has 0 aliphatic heterocycles. The summed E-state index contributed by atoms with van der Waals surface area (Å²) in [6.07, 6.45) is 2.71. The molecule has 0 unspecified atom stereocenters. The van der Waals surface area contributed by atoms with Crippen LogP contribution < -0.4 is 0 Å². The number of ether oxygens (including phenoxy) is 2. The maximum absolute atomic E-state index is 10.6. The molecule has 0 amide bonds. The first-order chi connectivity index (χ1) is 9.40. The summed E-state index contributed by atoms with van der Waals surface area (Å²) in [5.41, 5.74) is 0.636. The smallest absolute Gasteiger partial charge is 0.166 e. The van der Waals surface area contributed by atoms with Gasteiger partial charge in [-0.05, 0) is 52.9 Å². The molecule has 20 heavy (non-hydrogen) atoms. The third-order valence-electron chi connectivity index (χ3n) is 4.03. The highest BCUT2D eigenvalue weighted by molar-refractivity contribution is 8.00. The predicted octanol–water partition coefficient (Wildman–Crippen LogP) is 3.61. The van der Waals surface area contributed by atoms with Gasteiger partial charge in [0.15, 0.2) is 6.29 Å². The van der Waals surface area contributed by atoms with Crippen LogP contribution in [0, 0.1) is 5.92 Å². The molecule has 1 fully saturated rings. The van der Waals surface area contributed by atoms with Gasteiger partial charge in [-0.15, -0.1) is 0 Å². The number of hydrogen-bond donors (Lipinski definition) is 1. The minimum absolute atomic E-state index is 0.170. The van der Waals surface area contributed by atoms with Crippen LogP contribution in [-0.4, -0.2) is 41.2 Å². The largest absolute Gasteiger partial charge is 0.389 e. The molecule has 118 valence electrons. The summed E-state index contributed by atoms with van der Waals surface area (Å²) in [5.74, 6) is 1.30. The Hall–Kier alpha value is -0.0300. The topological polar surface area (TPSA) is 38.7 Å². The van der Waals surface area contributed by atoms with Crippen LogP contribution in [-0.2, 0) is 9.47 Å². The third-order valence-corrected chi connectivity index (χ3v) is 5.59. The summed E-state index contributed by atoms with van der Waals surface area (Å²) in [7, 11) is 0. The lowest BCUT2D eigenvalue weighted by Gasteiger charge is -2.41. The molecule has 1 N–H and O–H groups in total. The molecule has 1 aliphatic carbocycles. The first-order valence-electron chi connectivity index (χ1n) is 7.63. The van der Waals surface area contributed by atoms with Crippen LogP contribution >= 0.6 is 11.8 Å². The van der Waals surface area contributed by atoms with Gasteiger partial charge in [-0.25, -0.2) is 0 Å². The molecule has 3 atom stereocenters. The van der Waals surface area contributed by atoms with Gasteiger partial charge in [-0.2, -0.15) is 11.8 Å². The Morgan fingerprint density at radius 1 is 1.40 bits per heavy atom. The lowest BCUT2D eigenvalue weighted by Crippen LogP contribution is -2.43. The van der Waals surface area contributed by atoms with E-state index in [1.165, 1.54) is 5.57 Å². The number of allylic oxidation sites excluding steroid dienone is 1. The maximum Gasteiger partial charge on any atom is 0.166 e. The molecule has 3 nitrogen and oxygen atoms in total. The second kappa shape index (κ2) is 8.42. The summed E-state index contributed by atoms with van der Waals surface area (Å²) < 4.78 is 11.1. The zero-order chi connectivity index (χ0) is 15.2. The highest BCUT2D eigenvalue weighted by atomic mass is 32.2. The van der Waals surface area contributed by atoms with Crippen molar-refractivity contribution in [2.45, 2.75) is 64.1 Å². The monoisotopic (exact) mass is 302 g/mol. The molecule has 0 aromatic carbocycles. The van der Waals surface area contributed by atoms with Gasteiger partial charge in [-0.3, -0.25) is 0 Å². The Bertz CT molecular complexity index is 298. The Kier molecular flexibility index (Phi) is 7.59. The van der Waals surface area contributed by atoms with E-state index in [0.29, 0.717) is 19.1 Å². The van der Waals surface area contributed by atoms with E-state index < -0.39 is 5.60 Å². The Labute approximate surface area is 128 Å². The van der Waals surface area contributed by atoms with Crippen molar-refractivity contribution in [2.75, 3.05) is 19.0 Å². The van der Waals surface area contributed by atoms with E-state index in [-0.39, 0.29) is 11.5 Å². The van der Waals surface area contributed by atoms with Gasteiger partial charge in [0.05, 0.1) is 5.60 Å². The van der Waals surface area contributed by atoms with Crippen molar-refractivity contribution in [3.05, 3.63) is 12.2 Å². The molecule has 0 saturated heterocycles. The molecule has 4 heteroatoms. The van der Waals surface area contributed by atoms with Crippen LogP contribution in [0.1, 0.15) is 47.0 Å². The average Bonchev–Trinajstić information content (AvgIpc) is 2.37. The van der Waals surface area contributed by atoms with Crippen LogP contribution in [0.4, 0.5) is 0 Å². The number of hydrogen-bond acceptors (Lipinski definition) is 4. The van der Waals surface area contributed by atoms with E-state index in [4.69, 9.17) is 9.47 Å². The van der Waals surface area contributed by atoms with Gasteiger partial charge >= 0.3 is 0 Å². The summed E-state index contributed by atoms with van der Waals surface area (Å²) in [6, 6.07) is 0. The van der Waals surface area contributed by atoms with Crippen LogP contribution in [0.15, 0.2) is 12.2 Å². The molecule has 1 rings (SSSR count). The lowest BCUT2D eigenvalue weighted by atomic mass is 9.77. The van der Waals surface area contributed by atoms with E-state index in [0.717, 1.165) is 25.0 Å². The fourth-order valence-electron chi connectivity index (χ4n) is 2.66. The van der Waals surface area contributed by atoms with Crippen molar-refractivity contribution < 1.29 is 14.6 Å². The Balaban J connectivity index is 2.54. The van der Waals surface area contributed by atoms with E-state index in [1.54, 1.807) is 11.8 Å². The number of thioether (sulfide) groups is 1. The van der Waals surface area contributed by atoms with Gasteiger partial charge in [0.2, 0.25) is 0 Å². The van der Waals surface area contributed by atoms with Crippen molar-refractivity contribution in [3.63, 3.8) is 0 Å². The predicted molar refractivity (Wildman–Crippen MR) is 86.1 cm³/mol.